The number of rotatable bonds is 3. The van der Waals surface area contributed by atoms with Gasteiger partial charge in [-0.3, -0.25) is 19.2 Å². The van der Waals surface area contributed by atoms with Gasteiger partial charge in [-0.15, -0.1) is 0 Å². The molecule has 5 aliphatic carbocycles. The van der Waals surface area contributed by atoms with Crippen molar-refractivity contribution in [1.29, 1.82) is 0 Å². The second kappa shape index (κ2) is 9.71. The van der Waals surface area contributed by atoms with Gasteiger partial charge in [-0.25, -0.2) is 0 Å². The highest BCUT2D eigenvalue weighted by Crippen LogP contribution is 2.76. The van der Waals surface area contributed by atoms with Gasteiger partial charge in [0.15, 0.2) is 5.76 Å². The van der Waals surface area contributed by atoms with Crippen LogP contribution < -0.4 is 0 Å². The Hall–Kier alpha value is -3.18. The number of allylic oxidation sites excluding steroid dienone is 2. The van der Waals surface area contributed by atoms with E-state index in [-0.39, 0.29) is 29.5 Å². The normalized spacial score (nSPS) is 52.0. The summed E-state index contributed by atoms with van der Waals surface area (Å²) in [6.07, 6.45) is -0.994. The summed E-state index contributed by atoms with van der Waals surface area (Å²) in [7, 11) is 0. The number of Topliss-reactive ketones (excluding diaryl/α,β-unsaturated/α-hetero) is 1. The second-order valence-corrected chi connectivity index (χ2v) is 16.0. The molecule has 11 nitrogen and oxygen atoms in total. The monoisotopic (exact) mass is 654 g/mol. The number of hydrogen-bond donors (Lipinski definition) is 2. The molecule has 2 unspecified atom stereocenters. The van der Waals surface area contributed by atoms with E-state index in [0.29, 0.717) is 17.8 Å². The van der Waals surface area contributed by atoms with Gasteiger partial charge in [0.1, 0.15) is 41.5 Å². The van der Waals surface area contributed by atoms with Gasteiger partial charge in [-0.1, -0.05) is 34.3 Å². The first-order valence-corrected chi connectivity index (χ1v) is 16.7. The zero-order chi connectivity index (χ0) is 34.5. The van der Waals surface area contributed by atoms with Crippen molar-refractivity contribution in [3.8, 4) is 0 Å². The average molecular weight is 655 g/mol. The number of ketones is 1. The summed E-state index contributed by atoms with van der Waals surface area (Å²) in [5, 5.41) is 23.9. The molecule has 11 heteroatoms. The number of ether oxygens (including phenoxy) is 5. The van der Waals surface area contributed by atoms with E-state index < -0.39 is 99.5 Å². The maximum Gasteiger partial charge on any atom is 0.303 e. The van der Waals surface area contributed by atoms with Crippen LogP contribution in [-0.4, -0.2) is 70.0 Å². The third-order valence-corrected chi connectivity index (χ3v) is 13.9. The maximum atomic E-state index is 14.8. The number of fused-ring (bicyclic) bond motifs is 10. The standard InChI is InChI=1S/C36H46O11/c1-13-11-21-35(9,36(10,42)15(3)43-21)26-23(13)34(8)25(30(26)44-16(4)37)22-24(14(2)31(34)45-17(5)38)33(7)19(27(40)28(22)41)12-20-29(47-20)32(33)46-18(6)39/h11,13-14,20,22-26,29-32,40,42H,3,12H2,1-2,4-10H3/t13-,14?,20+,22-,23+,24?,25-,26+,29+,30-,31+,32+,33+,34-,35+,36-/m1/s1. The van der Waals surface area contributed by atoms with E-state index in [4.69, 9.17) is 23.7 Å². The molecule has 2 saturated heterocycles. The van der Waals surface area contributed by atoms with Crippen LogP contribution in [0.2, 0.25) is 0 Å². The van der Waals surface area contributed by atoms with Crippen LogP contribution in [0.1, 0.15) is 68.7 Å². The van der Waals surface area contributed by atoms with Crippen molar-refractivity contribution in [2.24, 2.45) is 57.7 Å². The first-order valence-electron chi connectivity index (χ1n) is 16.7. The van der Waals surface area contributed by atoms with Crippen molar-refractivity contribution in [3.63, 3.8) is 0 Å². The zero-order valence-corrected chi connectivity index (χ0v) is 28.5. The fourth-order valence-electron chi connectivity index (χ4n) is 12.1. The fourth-order valence-corrected chi connectivity index (χ4v) is 12.1. The Labute approximate surface area is 274 Å². The number of aliphatic hydroxyl groups is 2. The topological polar surface area (TPSA) is 158 Å². The molecule has 2 N–H and O–H groups in total. The summed E-state index contributed by atoms with van der Waals surface area (Å²) < 4.78 is 30.7. The molecule has 0 aromatic carbocycles. The number of carbonyl (C=O) groups excluding carboxylic acids is 4. The van der Waals surface area contributed by atoms with Crippen molar-refractivity contribution in [2.45, 2.75) is 105 Å². The fraction of sp³-hybridized carbons (Fsp3) is 0.722. The average Bonchev–Trinajstić information content (AvgIpc) is 3.65. The lowest BCUT2D eigenvalue weighted by atomic mass is 9.42. The molecule has 0 amide bonds. The van der Waals surface area contributed by atoms with Gasteiger partial charge in [0, 0.05) is 55.8 Å². The van der Waals surface area contributed by atoms with E-state index in [2.05, 4.69) is 6.58 Å². The maximum absolute atomic E-state index is 14.8. The van der Waals surface area contributed by atoms with Crippen LogP contribution in [0.25, 0.3) is 0 Å². The van der Waals surface area contributed by atoms with Gasteiger partial charge in [0.25, 0.3) is 0 Å². The zero-order valence-electron chi connectivity index (χ0n) is 28.5. The number of carbonyl (C=O) groups is 4. The molecule has 3 saturated carbocycles. The highest BCUT2D eigenvalue weighted by molar-refractivity contribution is 5.98. The molecule has 0 bridgehead atoms. The summed E-state index contributed by atoms with van der Waals surface area (Å²) in [5.74, 6) is -5.74. The van der Waals surface area contributed by atoms with Crippen molar-refractivity contribution < 1.29 is 53.1 Å². The van der Waals surface area contributed by atoms with E-state index in [9.17, 15) is 29.4 Å². The molecule has 16 atom stereocenters. The number of esters is 3. The van der Waals surface area contributed by atoms with E-state index in [1.165, 1.54) is 20.8 Å². The van der Waals surface area contributed by atoms with Gasteiger partial charge in [0.2, 0.25) is 5.78 Å². The van der Waals surface area contributed by atoms with Crippen molar-refractivity contribution in [3.05, 3.63) is 35.5 Å². The molecule has 2 heterocycles. The van der Waals surface area contributed by atoms with Crippen LogP contribution in [0.4, 0.5) is 0 Å². The second-order valence-electron chi connectivity index (χ2n) is 16.0. The lowest BCUT2D eigenvalue weighted by Gasteiger charge is -2.62. The molecule has 256 valence electrons. The number of hydrogen-bond acceptors (Lipinski definition) is 11. The van der Waals surface area contributed by atoms with Gasteiger partial charge in [0.05, 0.1) is 11.5 Å². The van der Waals surface area contributed by atoms with Crippen LogP contribution in [-0.2, 0) is 42.9 Å². The highest BCUT2D eigenvalue weighted by atomic mass is 16.6. The van der Waals surface area contributed by atoms with Gasteiger partial charge >= 0.3 is 17.9 Å². The molecule has 0 radical (unpaired) electrons. The first kappa shape index (κ1) is 32.4. The minimum absolute atomic E-state index is 0.167. The first-order chi connectivity index (χ1) is 21.7. The molecule has 0 aromatic rings. The highest BCUT2D eigenvalue weighted by Gasteiger charge is 2.81. The van der Waals surface area contributed by atoms with Crippen LogP contribution in [0.5, 0.6) is 0 Å². The summed E-state index contributed by atoms with van der Waals surface area (Å²) in [4.78, 5) is 53.3. The Bertz CT molecular complexity index is 1570. The minimum atomic E-state index is -1.58. The van der Waals surface area contributed by atoms with Crippen molar-refractivity contribution in [2.75, 3.05) is 0 Å². The Morgan fingerprint density at radius 1 is 0.915 bits per heavy atom. The number of epoxide rings is 1. The van der Waals surface area contributed by atoms with E-state index >= 15 is 0 Å². The van der Waals surface area contributed by atoms with Gasteiger partial charge in [-0.05, 0) is 49.2 Å². The van der Waals surface area contributed by atoms with Crippen LogP contribution in [0, 0.1) is 57.7 Å². The predicted octanol–water partition coefficient (Wildman–Crippen LogP) is 3.94. The van der Waals surface area contributed by atoms with Crippen LogP contribution >= 0.6 is 0 Å². The lowest BCUT2D eigenvalue weighted by Crippen LogP contribution is -2.67. The quantitative estimate of drug-likeness (QED) is 0.258. The molecule has 0 spiro atoms. The SMILES string of the molecule is C=C1OC2=C[C@@H](C)[C@H]3[C@@H]([C@H](OC(C)=O)[C@H]4[C@@H]5C(=O)C(O)=C6C[C@@H]7O[C@@H]7[C@H](OC(C)=O)[C@]6(C)C5C(C)[C@H](OC(C)=O)[C@]34C)[C@@]2(C)[C@]1(C)O. The van der Waals surface area contributed by atoms with Gasteiger partial charge in [-0.2, -0.15) is 0 Å². The van der Waals surface area contributed by atoms with Gasteiger partial charge < -0.3 is 33.9 Å². The molecular weight excluding hydrogens is 608 g/mol. The molecule has 0 aromatic heterocycles. The Morgan fingerprint density at radius 3 is 2.11 bits per heavy atom. The predicted molar refractivity (Wildman–Crippen MR) is 164 cm³/mol. The van der Waals surface area contributed by atoms with E-state index in [0.717, 1.165) is 0 Å². The van der Waals surface area contributed by atoms with Crippen LogP contribution in [0.15, 0.2) is 35.5 Å². The largest absolute Gasteiger partial charge is 0.504 e. The van der Waals surface area contributed by atoms with Crippen LogP contribution in [0.3, 0.4) is 0 Å². The molecule has 2 aliphatic heterocycles. The Balaban J connectivity index is 1.51. The van der Waals surface area contributed by atoms with Crippen molar-refractivity contribution in [1.82, 2.24) is 0 Å². The smallest absolute Gasteiger partial charge is 0.303 e. The van der Waals surface area contributed by atoms with E-state index in [1.807, 2.05) is 40.7 Å². The summed E-state index contributed by atoms with van der Waals surface area (Å²) >= 11 is 0. The molecule has 5 fully saturated rings. The Kier molecular flexibility index (Phi) is 6.69. The van der Waals surface area contributed by atoms with Crippen molar-refractivity contribution >= 4 is 23.7 Å². The summed E-state index contributed by atoms with van der Waals surface area (Å²) in [5.41, 5.74) is -4.31. The third kappa shape index (κ3) is 3.76. The lowest BCUT2D eigenvalue weighted by molar-refractivity contribution is -0.216. The summed E-state index contributed by atoms with van der Waals surface area (Å²) in [6.45, 7) is 19.4. The van der Waals surface area contributed by atoms with E-state index in [1.54, 1.807) is 6.92 Å². The number of aliphatic hydroxyl groups excluding tert-OH is 1. The molecule has 7 rings (SSSR count). The molecule has 47 heavy (non-hydrogen) atoms. The minimum Gasteiger partial charge on any atom is -0.504 e. The molecule has 7 aliphatic rings. The third-order valence-electron chi connectivity index (χ3n) is 13.9. The summed E-state index contributed by atoms with van der Waals surface area (Å²) in [6, 6.07) is 0. The molecular formula is C36H46O11. The Morgan fingerprint density at radius 2 is 1.51 bits per heavy atom.